The van der Waals surface area contributed by atoms with E-state index in [1.165, 1.54) is 27.6 Å². The summed E-state index contributed by atoms with van der Waals surface area (Å²) in [6.07, 6.45) is 4.27. The number of ether oxygens (including phenoxy) is 1. The summed E-state index contributed by atoms with van der Waals surface area (Å²) < 4.78 is 32.1. The van der Waals surface area contributed by atoms with Gasteiger partial charge in [0.1, 0.15) is 12.4 Å². The van der Waals surface area contributed by atoms with Crippen LogP contribution in [-0.2, 0) is 14.8 Å². The fraction of sp³-hybridized carbons (Fsp3) is 0.519. The molecule has 6 rings (SSSR count). The van der Waals surface area contributed by atoms with Crippen LogP contribution in [0.15, 0.2) is 30.5 Å². The van der Waals surface area contributed by atoms with Crippen LogP contribution in [0.25, 0.3) is 0 Å². The van der Waals surface area contributed by atoms with Crippen LogP contribution in [0.4, 0.5) is 22.0 Å². The topological polar surface area (TPSA) is 124 Å². The van der Waals surface area contributed by atoms with Crippen molar-refractivity contribution in [1.82, 2.24) is 9.88 Å². The number of aliphatic hydroxyl groups excluding tert-OH is 1. The molecule has 39 heavy (non-hydrogen) atoms. The van der Waals surface area contributed by atoms with E-state index >= 15 is 0 Å². The first-order chi connectivity index (χ1) is 18.8. The van der Waals surface area contributed by atoms with Crippen molar-refractivity contribution in [2.24, 2.45) is 0 Å². The highest BCUT2D eigenvalue weighted by molar-refractivity contribution is 7.93. The lowest BCUT2D eigenvalue weighted by Crippen LogP contribution is -2.49. The van der Waals surface area contributed by atoms with Crippen molar-refractivity contribution in [2.75, 3.05) is 65.8 Å². The maximum absolute atomic E-state index is 13.8. The maximum atomic E-state index is 13.8. The number of nitrogens with zero attached hydrogens (tertiary/aromatic N) is 5. The van der Waals surface area contributed by atoms with Crippen LogP contribution in [0, 0.1) is 6.92 Å². The second-order valence-corrected chi connectivity index (χ2v) is 12.7. The average molecular weight is 556 g/mol. The zero-order valence-corrected chi connectivity index (χ0v) is 22.8. The zero-order chi connectivity index (χ0) is 27.3. The highest BCUT2D eigenvalue weighted by Crippen LogP contribution is 2.41. The normalized spacial score (nSPS) is 22.9. The van der Waals surface area contributed by atoms with Gasteiger partial charge in [-0.05, 0) is 61.4 Å². The van der Waals surface area contributed by atoms with E-state index in [0.717, 1.165) is 11.4 Å². The molecule has 1 atom stereocenters. The van der Waals surface area contributed by atoms with Crippen molar-refractivity contribution in [1.29, 1.82) is 0 Å². The standard InChI is InChI=1S/C27H33N5O6S/c1-18-13-20(19-3-4-19)15-28-25(18)29-8-10-30(11-9-29)26(34)23-6-5-21(32-22(16-33)17-38-27(32)35)14-24(23)31-7-2-12-39(31,36)37/h5-6,13-15,19,22,33H,2-4,7-12,16-17H2,1H3. The molecule has 3 saturated heterocycles. The number of benzene rings is 1. The fourth-order valence-corrected chi connectivity index (χ4v) is 7.30. The zero-order valence-electron chi connectivity index (χ0n) is 22.0. The Morgan fingerprint density at radius 2 is 1.90 bits per heavy atom. The van der Waals surface area contributed by atoms with Crippen molar-refractivity contribution in [3.8, 4) is 0 Å². The first-order valence-electron chi connectivity index (χ1n) is 13.5. The number of rotatable bonds is 6. The SMILES string of the molecule is Cc1cc(C2CC2)cnc1N1CCN(C(=O)c2ccc(N3C(=O)OCC3CO)cc2N2CCCS2(=O)=O)CC1. The Hall–Kier alpha value is -3.38. The van der Waals surface area contributed by atoms with E-state index in [0.29, 0.717) is 44.2 Å². The lowest BCUT2D eigenvalue weighted by atomic mass is 10.1. The molecule has 4 fully saturated rings. The van der Waals surface area contributed by atoms with Crippen molar-refractivity contribution in [2.45, 2.75) is 38.1 Å². The van der Waals surface area contributed by atoms with E-state index in [1.54, 1.807) is 23.1 Å². The van der Waals surface area contributed by atoms with E-state index in [-0.39, 0.29) is 42.7 Å². The van der Waals surface area contributed by atoms with Gasteiger partial charge in [-0.3, -0.25) is 14.0 Å². The van der Waals surface area contributed by atoms with Gasteiger partial charge in [0.2, 0.25) is 10.0 Å². The molecule has 1 unspecified atom stereocenters. The molecule has 0 spiro atoms. The number of hydrogen-bond acceptors (Lipinski definition) is 8. The molecule has 1 N–H and O–H groups in total. The molecule has 1 aliphatic carbocycles. The van der Waals surface area contributed by atoms with E-state index < -0.39 is 22.2 Å². The Morgan fingerprint density at radius 3 is 2.54 bits per heavy atom. The number of cyclic esters (lactones) is 1. The van der Waals surface area contributed by atoms with Gasteiger partial charge in [0.05, 0.1) is 29.7 Å². The van der Waals surface area contributed by atoms with E-state index in [2.05, 4.69) is 17.9 Å². The van der Waals surface area contributed by atoms with Gasteiger partial charge in [-0.25, -0.2) is 18.2 Å². The van der Waals surface area contributed by atoms with Gasteiger partial charge in [0.15, 0.2) is 0 Å². The molecule has 3 aliphatic heterocycles. The fourth-order valence-electron chi connectivity index (χ4n) is 5.73. The van der Waals surface area contributed by atoms with Gasteiger partial charge in [-0.2, -0.15) is 0 Å². The number of aromatic nitrogens is 1. The summed E-state index contributed by atoms with van der Waals surface area (Å²) in [5.41, 5.74) is 3.34. The van der Waals surface area contributed by atoms with Gasteiger partial charge in [0, 0.05) is 44.6 Å². The van der Waals surface area contributed by atoms with Gasteiger partial charge in [-0.15, -0.1) is 0 Å². The molecule has 4 heterocycles. The predicted molar refractivity (Wildman–Crippen MR) is 146 cm³/mol. The van der Waals surface area contributed by atoms with Gasteiger partial charge in [-0.1, -0.05) is 6.07 Å². The molecule has 2 aromatic rings. The molecular weight excluding hydrogens is 522 g/mol. The minimum Gasteiger partial charge on any atom is -0.447 e. The number of aliphatic hydroxyl groups is 1. The summed E-state index contributed by atoms with van der Waals surface area (Å²) >= 11 is 0. The molecule has 12 heteroatoms. The van der Waals surface area contributed by atoms with Crippen LogP contribution in [0.2, 0.25) is 0 Å². The number of sulfonamides is 1. The third-order valence-electron chi connectivity index (χ3n) is 8.02. The molecule has 1 aromatic heterocycles. The minimum absolute atomic E-state index is 0.000438. The second kappa shape index (κ2) is 9.98. The summed E-state index contributed by atoms with van der Waals surface area (Å²) in [6, 6.07) is 6.38. The number of piperazine rings is 1. The van der Waals surface area contributed by atoms with Crippen molar-refractivity contribution < 1.29 is 27.9 Å². The van der Waals surface area contributed by atoms with Crippen LogP contribution >= 0.6 is 0 Å². The molecule has 0 bridgehead atoms. The number of pyridine rings is 1. The number of aryl methyl sites for hydroxylation is 1. The third-order valence-corrected chi connectivity index (χ3v) is 9.87. The third kappa shape index (κ3) is 4.80. The molecule has 1 aromatic carbocycles. The van der Waals surface area contributed by atoms with Gasteiger partial charge in [0.25, 0.3) is 5.91 Å². The Kier molecular flexibility index (Phi) is 6.62. The lowest BCUT2D eigenvalue weighted by Gasteiger charge is -2.36. The molecule has 11 nitrogen and oxygen atoms in total. The van der Waals surface area contributed by atoms with Crippen LogP contribution < -0.4 is 14.1 Å². The summed E-state index contributed by atoms with van der Waals surface area (Å²) in [5.74, 6) is 1.33. The van der Waals surface area contributed by atoms with Crippen molar-refractivity contribution in [3.63, 3.8) is 0 Å². The summed E-state index contributed by atoms with van der Waals surface area (Å²) in [4.78, 5) is 36.1. The molecule has 2 amide bonds. The van der Waals surface area contributed by atoms with Crippen LogP contribution in [0.3, 0.4) is 0 Å². The van der Waals surface area contributed by atoms with Gasteiger partial charge < -0.3 is 19.6 Å². The molecule has 4 aliphatic rings. The first kappa shape index (κ1) is 25.9. The molecule has 0 radical (unpaired) electrons. The molecule has 1 saturated carbocycles. The first-order valence-corrected chi connectivity index (χ1v) is 15.1. The number of carbonyl (C=O) groups excluding carboxylic acids is 2. The number of amides is 2. The monoisotopic (exact) mass is 555 g/mol. The average Bonchev–Trinajstić information content (AvgIpc) is 3.63. The van der Waals surface area contributed by atoms with Crippen LogP contribution in [-0.4, -0.2) is 93.1 Å². The van der Waals surface area contributed by atoms with Gasteiger partial charge >= 0.3 is 6.09 Å². The Balaban J connectivity index is 1.24. The second-order valence-electron chi connectivity index (χ2n) is 10.7. The van der Waals surface area contributed by atoms with Crippen LogP contribution in [0.1, 0.15) is 46.7 Å². The Morgan fingerprint density at radius 1 is 1.13 bits per heavy atom. The highest BCUT2D eigenvalue weighted by atomic mass is 32.2. The predicted octanol–water partition coefficient (Wildman–Crippen LogP) is 2.09. The molecule has 208 valence electrons. The van der Waals surface area contributed by atoms with E-state index in [1.807, 2.05) is 6.20 Å². The lowest BCUT2D eigenvalue weighted by molar-refractivity contribution is 0.0747. The summed E-state index contributed by atoms with van der Waals surface area (Å²) in [6.45, 7) is 4.27. The Labute approximate surface area is 228 Å². The number of hydrogen-bond donors (Lipinski definition) is 1. The quantitative estimate of drug-likeness (QED) is 0.575. The van der Waals surface area contributed by atoms with Crippen LogP contribution in [0.5, 0.6) is 0 Å². The van der Waals surface area contributed by atoms with E-state index in [9.17, 15) is 23.1 Å². The van der Waals surface area contributed by atoms with E-state index in [4.69, 9.17) is 9.72 Å². The number of carbonyl (C=O) groups is 2. The maximum Gasteiger partial charge on any atom is 0.414 e. The Bertz CT molecular complexity index is 1400. The number of anilines is 3. The summed E-state index contributed by atoms with van der Waals surface area (Å²) in [7, 11) is -3.59. The summed E-state index contributed by atoms with van der Waals surface area (Å²) in [5, 5.41) is 9.70. The highest BCUT2D eigenvalue weighted by Gasteiger charge is 2.37. The van der Waals surface area contributed by atoms with Crippen molar-refractivity contribution >= 4 is 39.2 Å². The minimum atomic E-state index is -3.59. The van der Waals surface area contributed by atoms with Crippen molar-refractivity contribution in [3.05, 3.63) is 47.2 Å². The smallest absolute Gasteiger partial charge is 0.414 e. The largest absolute Gasteiger partial charge is 0.447 e. The molecular formula is C27H33N5O6S.